The van der Waals surface area contributed by atoms with Gasteiger partial charge in [-0.2, -0.15) is 18.3 Å². The van der Waals surface area contributed by atoms with Crippen LogP contribution in [0.1, 0.15) is 33.2 Å². The molecule has 1 atom stereocenters. The topological polar surface area (TPSA) is 116 Å². The average Bonchev–Trinajstić information content (AvgIpc) is 3.44. The zero-order chi connectivity index (χ0) is 26.3. The van der Waals surface area contributed by atoms with E-state index in [-0.39, 0.29) is 16.9 Å². The van der Waals surface area contributed by atoms with E-state index >= 15 is 0 Å². The third-order valence-electron chi connectivity index (χ3n) is 5.97. The van der Waals surface area contributed by atoms with Gasteiger partial charge in [0.25, 0.3) is 5.91 Å². The predicted molar refractivity (Wildman–Crippen MR) is 131 cm³/mol. The van der Waals surface area contributed by atoms with Crippen LogP contribution in [-0.4, -0.2) is 41.2 Å². The van der Waals surface area contributed by atoms with Crippen molar-refractivity contribution in [2.75, 3.05) is 11.1 Å². The Morgan fingerprint density at radius 2 is 1.84 bits per heavy atom. The Labute approximate surface area is 208 Å². The minimum Gasteiger partial charge on any atom is -0.382 e. The van der Waals surface area contributed by atoms with Crippen molar-refractivity contribution in [1.82, 2.24) is 29.1 Å². The maximum Gasteiger partial charge on any atom is 0.413 e. The van der Waals surface area contributed by atoms with Crippen LogP contribution in [0.2, 0.25) is 0 Å². The first-order valence-corrected chi connectivity index (χ1v) is 11.2. The van der Waals surface area contributed by atoms with E-state index in [1.807, 2.05) is 13.0 Å². The van der Waals surface area contributed by atoms with Gasteiger partial charge in [0.1, 0.15) is 11.8 Å². The van der Waals surface area contributed by atoms with Crippen LogP contribution in [-0.2, 0) is 0 Å². The summed E-state index contributed by atoms with van der Waals surface area (Å²) >= 11 is 0. The van der Waals surface area contributed by atoms with Crippen LogP contribution >= 0.6 is 0 Å². The molecule has 1 amide bonds. The molecule has 12 heteroatoms. The molecule has 0 spiro atoms. The second-order valence-corrected chi connectivity index (χ2v) is 8.49. The van der Waals surface area contributed by atoms with Crippen LogP contribution in [0.15, 0.2) is 67.5 Å². The summed E-state index contributed by atoms with van der Waals surface area (Å²) in [6, 6.07) is 9.04. The number of hydrogen-bond donors (Lipinski definition) is 2. The molecule has 188 valence electrons. The number of hydrogen-bond acceptors (Lipinski definition) is 6. The van der Waals surface area contributed by atoms with Gasteiger partial charge in [0.2, 0.25) is 0 Å². The van der Waals surface area contributed by atoms with Crippen LogP contribution in [0.4, 0.5) is 24.8 Å². The van der Waals surface area contributed by atoms with Crippen molar-refractivity contribution in [3.05, 3.63) is 89.9 Å². The number of carbonyl (C=O) groups excluding carboxylic acids is 1. The smallest absolute Gasteiger partial charge is 0.382 e. The number of nitrogens with zero attached hydrogens (tertiary/aromatic N) is 6. The Hall–Kier alpha value is -4.74. The van der Waals surface area contributed by atoms with Crippen LogP contribution in [0.25, 0.3) is 16.8 Å². The zero-order valence-electron chi connectivity index (χ0n) is 19.7. The number of aryl methyl sites for hydroxylation is 2. The molecule has 3 N–H and O–H groups in total. The van der Waals surface area contributed by atoms with E-state index in [1.54, 1.807) is 29.8 Å². The van der Waals surface area contributed by atoms with E-state index in [0.717, 1.165) is 22.7 Å². The summed E-state index contributed by atoms with van der Waals surface area (Å²) in [6.07, 6.45) is 0.569. The zero-order valence-corrected chi connectivity index (χ0v) is 19.7. The summed E-state index contributed by atoms with van der Waals surface area (Å²) in [5, 5.41) is 6.84. The van der Waals surface area contributed by atoms with E-state index < -0.39 is 18.1 Å². The fourth-order valence-electron chi connectivity index (χ4n) is 4.25. The molecular formula is C25H21F3N8O. The highest BCUT2D eigenvalue weighted by Crippen LogP contribution is 2.36. The van der Waals surface area contributed by atoms with E-state index in [9.17, 15) is 18.0 Å². The SMILES string of the molecule is Cc1ncc(-c2cc(C)c3c(N)ncnn23)cc1C(=O)Nc1cn(C(c2ccccc2)C(F)(F)F)cn1. The maximum atomic E-state index is 13.9. The number of aromatic nitrogens is 6. The number of amides is 1. The summed E-state index contributed by atoms with van der Waals surface area (Å²) in [6.45, 7) is 3.53. The fourth-order valence-corrected chi connectivity index (χ4v) is 4.25. The largest absolute Gasteiger partial charge is 0.413 e. The normalized spacial score (nSPS) is 12.6. The first kappa shape index (κ1) is 24.0. The third kappa shape index (κ3) is 4.48. The van der Waals surface area contributed by atoms with E-state index in [4.69, 9.17) is 5.73 Å². The molecule has 5 rings (SSSR count). The molecule has 0 saturated carbocycles. The van der Waals surface area contributed by atoms with Gasteiger partial charge in [-0.05, 0) is 37.1 Å². The number of nitrogens with one attached hydrogen (secondary N) is 1. The second kappa shape index (κ2) is 9.04. The standard InChI is InChI=1S/C25H21F3N8O/c1-14-8-19(36-21(14)23(29)31-12-33-36)17-9-18(15(2)30-10-17)24(37)34-20-11-35(13-32-20)22(25(26,27)28)16-6-4-3-5-7-16/h3-13,22H,1-2H3,(H,34,37)(H2,29,31,33). The van der Waals surface area contributed by atoms with Crippen molar-refractivity contribution in [2.24, 2.45) is 0 Å². The summed E-state index contributed by atoms with van der Waals surface area (Å²) in [5.74, 6) is -0.267. The van der Waals surface area contributed by atoms with Crippen LogP contribution in [0.5, 0.6) is 0 Å². The van der Waals surface area contributed by atoms with E-state index in [2.05, 4.69) is 25.4 Å². The first-order chi connectivity index (χ1) is 17.6. The summed E-state index contributed by atoms with van der Waals surface area (Å²) in [7, 11) is 0. The first-order valence-electron chi connectivity index (χ1n) is 11.2. The molecule has 1 aromatic carbocycles. The molecule has 0 fully saturated rings. The molecule has 9 nitrogen and oxygen atoms in total. The lowest BCUT2D eigenvalue weighted by atomic mass is 10.1. The molecule has 0 bridgehead atoms. The predicted octanol–water partition coefficient (Wildman–Crippen LogP) is 4.59. The van der Waals surface area contributed by atoms with Gasteiger partial charge in [0, 0.05) is 18.0 Å². The molecule has 5 aromatic rings. The number of benzene rings is 1. The number of pyridine rings is 1. The highest BCUT2D eigenvalue weighted by atomic mass is 19.4. The lowest BCUT2D eigenvalue weighted by Crippen LogP contribution is -2.26. The van der Waals surface area contributed by atoms with Gasteiger partial charge in [-0.1, -0.05) is 30.3 Å². The number of nitrogen functional groups attached to an aromatic ring is 1. The molecular weight excluding hydrogens is 485 g/mol. The third-order valence-corrected chi connectivity index (χ3v) is 5.97. The highest BCUT2D eigenvalue weighted by molar-refractivity contribution is 6.05. The average molecular weight is 506 g/mol. The number of alkyl halides is 3. The Kier molecular flexibility index (Phi) is 5.86. The van der Waals surface area contributed by atoms with Crippen molar-refractivity contribution < 1.29 is 18.0 Å². The molecule has 0 aliphatic heterocycles. The molecule has 0 saturated heterocycles. The Bertz CT molecular complexity index is 1610. The van der Waals surface area contributed by atoms with Crippen LogP contribution in [0, 0.1) is 13.8 Å². The fraction of sp³-hybridized carbons (Fsp3) is 0.160. The number of rotatable bonds is 5. The minimum atomic E-state index is -4.57. The Morgan fingerprint density at radius 1 is 1.08 bits per heavy atom. The van der Waals surface area contributed by atoms with Gasteiger partial charge in [-0.3, -0.25) is 9.78 Å². The van der Waals surface area contributed by atoms with E-state index in [1.165, 1.54) is 30.6 Å². The Morgan fingerprint density at radius 3 is 2.57 bits per heavy atom. The molecule has 0 aliphatic carbocycles. The van der Waals surface area contributed by atoms with Crippen molar-refractivity contribution >= 4 is 23.1 Å². The number of fused-ring (bicyclic) bond motifs is 1. The minimum absolute atomic E-state index is 0.0236. The quantitative estimate of drug-likeness (QED) is 0.360. The molecule has 0 radical (unpaired) electrons. The van der Waals surface area contributed by atoms with Crippen LogP contribution < -0.4 is 11.1 Å². The molecule has 0 aliphatic rings. The lowest BCUT2D eigenvalue weighted by molar-refractivity contribution is -0.156. The van der Waals surface area contributed by atoms with Crippen LogP contribution in [0.3, 0.4) is 0 Å². The molecule has 4 heterocycles. The summed E-state index contributed by atoms with van der Waals surface area (Å²) in [4.78, 5) is 25.5. The maximum absolute atomic E-state index is 13.9. The van der Waals surface area contributed by atoms with Gasteiger partial charge in [-0.25, -0.2) is 14.5 Å². The number of carbonyl (C=O) groups is 1. The van der Waals surface area contributed by atoms with Crippen molar-refractivity contribution in [3.8, 4) is 11.3 Å². The van der Waals surface area contributed by atoms with Crippen molar-refractivity contribution in [2.45, 2.75) is 26.1 Å². The monoisotopic (exact) mass is 506 g/mol. The van der Waals surface area contributed by atoms with Crippen molar-refractivity contribution in [1.29, 1.82) is 0 Å². The van der Waals surface area contributed by atoms with Gasteiger partial charge >= 0.3 is 6.18 Å². The lowest BCUT2D eigenvalue weighted by Gasteiger charge is -2.21. The molecule has 4 aromatic heterocycles. The molecule has 1 unspecified atom stereocenters. The van der Waals surface area contributed by atoms with Gasteiger partial charge < -0.3 is 15.6 Å². The second-order valence-electron chi connectivity index (χ2n) is 8.49. The molecule has 37 heavy (non-hydrogen) atoms. The summed E-state index contributed by atoms with van der Waals surface area (Å²) in [5.41, 5.74) is 9.47. The van der Waals surface area contributed by atoms with Crippen molar-refractivity contribution in [3.63, 3.8) is 0 Å². The number of nitrogens with two attached hydrogens (primary N) is 1. The number of imidazole rings is 1. The van der Waals surface area contributed by atoms with Gasteiger partial charge in [0.05, 0.1) is 23.3 Å². The summed E-state index contributed by atoms with van der Waals surface area (Å²) < 4.78 is 44.1. The number of anilines is 2. The van der Waals surface area contributed by atoms with Gasteiger partial charge in [0.15, 0.2) is 17.7 Å². The number of halogens is 3. The van der Waals surface area contributed by atoms with E-state index in [0.29, 0.717) is 28.3 Å². The van der Waals surface area contributed by atoms with Gasteiger partial charge in [-0.15, -0.1) is 0 Å². The Balaban J connectivity index is 1.45. The highest BCUT2D eigenvalue weighted by Gasteiger charge is 2.42.